The van der Waals surface area contributed by atoms with Gasteiger partial charge >= 0.3 is 0 Å². The van der Waals surface area contributed by atoms with E-state index in [4.69, 9.17) is 0 Å². The first-order chi connectivity index (χ1) is 27.8. The molecule has 9 aromatic carbocycles. The van der Waals surface area contributed by atoms with Gasteiger partial charge in [-0.25, -0.2) is 0 Å². The van der Waals surface area contributed by atoms with E-state index in [0.29, 0.717) is 0 Å². The number of hydrogen-bond donors (Lipinski definition) is 0. The highest BCUT2D eigenvalue weighted by atomic mass is 15.1. The van der Waals surface area contributed by atoms with Crippen LogP contribution in [0.15, 0.2) is 237 Å². The van der Waals surface area contributed by atoms with Crippen molar-refractivity contribution in [3.8, 4) is 44.5 Å². The molecule has 1 aliphatic carbocycles. The van der Waals surface area contributed by atoms with Crippen molar-refractivity contribution in [1.29, 1.82) is 0 Å². The molecule has 0 heterocycles. The normalized spacial score (nSPS) is 12.4. The molecule has 0 saturated carbocycles. The summed E-state index contributed by atoms with van der Waals surface area (Å²) in [5.41, 5.74) is 17.7. The lowest BCUT2D eigenvalue weighted by Crippen LogP contribution is -2.28. The average molecular weight is 714 g/mol. The van der Waals surface area contributed by atoms with E-state index in [0.717, 1.165) is 17.1 Å². The maximum absolute atomic E-state index is 2.45. The number of rotatable bonds is 8. The minimum atomic E-state index is -0.490. The first kappa shape index (κ1) is 33.4. The van der Waals surface area contributed by atoms with E-state index in [2.05, 4.69) is 241 Å². The molecular weight excluding hydrogens is 675 g/mol. The first-order valence-electron chi connectivity index (χ1n) is 19.3. The predicted octanol–water partition coefficient (Wildman–Crippen LogP) is 14.5. The van der Waals surface area contributed by atoms with Gasteiger partial charge in [-0.05, 0) is 109 Å². The molecule has 0 bridgehead atoms. The molecule has 1 aliphatic rings. The van der Waals surface area contributed by atoms with Gasteiger partial charge in [-0.15, -0.1) is 0 Å². The molecule has 0 unspecified atom stereocenters. The van der Waals surface area contributed by atoms with Crippen molar-refractivity contribution in [2.75, 3.05) is 4.90 Å². The molecule has 1 nitrogen and oxygen atoms in total. The van der Waals surface area contributed by atoms with Gasteiger partial charge < -0.3 is 4.90 Å². The Labute approximate surface area is 329 Å². The summed E-state index contributed by atoms with van der Waals surface area (Å²) in [6, 6.07) is 86.2. The second-order valence-corrected chi connectivity index (χ2v) is 14.5. The standard InChI is InChI=1S/C55H39N/c1-5-17-40(18-6-1)43-21-15-22-44(37-43)42-31-33-48(34-32-42)56(49-28-16-23-45(38-49)41-19-7-2-8-20-41)50-35-36-52-51-29-13-14-30-53(51)55(54(52)39-50,46-24-9-3-10-25-46)47-26-11-4-12-27-47/h1-39H. The summed E-state index contributed by atoms with van der Waals surface area (Å²) in [6.45, 7) is 0. The molecule has 1 heteroatoms. The second-order valence-electron chi connectivity index (χ2n) is 14.5. The van der Waals surface area contributed by atoms with Crippen LogP contribution in [-0.4, -0.2) is 0 Å². The zero-order valence-corrected chi connectivity index (χ0v) is 31.0. The number of anilines is 3. The van der Waals surface area contributed by atoms with Crippen LogP contribution in [0.1, 0.15) is 22.3 Å². The van der Waals surface area contributed by atoms with Crippen LogP contribution in [0.4, 0.5) is 17.1 Å². The SMILES string of the molecule is c1ccc(-c2cccc(-c3ccc(N(c4cccc(-c5ccccc5)c4)c4ccc5c(c4)C(c4ccccc4)(c4ccccc4)c4ccccc4-5)cc3)c2)cc1. The van der Waals surface area contributed by atoms with E-state index in [1.807, 2.05) is 0 Å². The molecular formula is C55H39N. The Morgan fingerprint density at radius 2 is 0.679 bits per heavy atom. The van der Waals surface area contributed by atoms with Crippen molar-refractivity contribution in [3.63, 3.8) is 0 Å². The zero-order valence-electron chi connectivity index (χ0n) is 31.0. The molecule has 264 valence electrons. The molecule has 0 radical (unpaired) electrons. The minimum absolute atomic E-state index is 0.490. The molecule has 0 saturated heterocycles. The third-order valence-corrected chi connectivity index (χ3v) is 11.3. The van der Waals surface area contributed by atoms with E-state index in [1.165, 1.54) is 66.8 Å². The van der Waals surface area contributed by atoms with E-state index in [-0.39, 0.29) is 0 Å². The summed E-state index contributed by atoms with van der Waals surface area (Å²) in [4.78, 5) is 2.42. The van der Waals surface area contributed by atoms with Crippen LogP contribution in [0.2, 0.25) is 0 Å². The number of hydrogen-bond acceptors (Lipinski definition) is 1. The van der Waals surface area contributed by atoms with Gasteiger partial charge in [-0.2, -0.15) is 0 Å². The molecule has 0 fully saturated rings. The molecule has 9 aromatic rings. The Hall–Kier alpha value is -7.22. The van der Waals surface area contributed by atoms with Crippen LogP contribution >= 0.6 is 0 Å². The highest BCUT2D eigenvalue weighted by Gasteiger charge is 2.46. The summed E-state index contributed by atoms with van der Waals surface area (Å²) < 4.78 is 0. The molecule has 10 rings (SSSR count). The van der Waals surface area contributed by atoms with Gasteiger partial charge in [0.2, 0.25) is 0 Å². The van der Waals surface area contributed by atoms with Gasteiger partial charge in [0.25, 0.3) is 0 Å². The van der Waals surface area contributed by atoms with Gasteiger partial charge in [-0.3, -0.25) is 0 Å². The van der Waals surface area contributed by atoms with Crippen molar-refractivity contribution in [3.05, 3.63) is 259 Å². The zero-order chi connectivity index (χ0) is 37.3. The Morgan fingerprint density at radius 1 is 0.250 bits per heavy atom. The Bertz CT molecular complexity index is 2730. The summed E-state index contributed by atoms with van der Waals surface area (Å²) >= 11 is 0. The predicted molar refractivity (Wildman–Crippen MR) is 235 cm³/mol. The molecule has 56 heavy (non-hydrogen) atoms. The number of fused-ring (bicyclic) bond motifs is 3. The van der Waals surface area contributed by atoms with Gasteiger partial charge in [0, 0.05) is 17.1 Å². The molecule has 0 aromatic heterocycles. The van der Waals surface area contributed by atoms with E-state index in [9.17, 15) is 0 Å². The highest BCUT2D eigenvalue weighted by molar-refractivity contribution is 5.90. The van der Waals surface area contributed by atoms with Crippen molar-refractivity contribution < 1.29 is 0 Å². The van der Waals surface area contributed by atoms with Gasteiger partial charge in [-0.1, -0.05) is 194 Å². The quantitative estimate of drug-likeness (QED) is 0.152. The lowest BCUT2D eigenvalue weighted by atomic mass is 9.67. The van der Waals surface area contributed by atoms with Crippen LogP contribution in [0, 0.1) is 0 Å². The topological polar surface area (TPSA) is 3.24 Å². The van der Waals surface area contributed by atoms with E-state index in [1.54, 1.807) is 0 Å². The minimum Gasteiger partial charge on any atom is -0.310 e. The summed E-state index contributed by atoms with van der Waals surface area (Å²) in [5, 5.41) is 0. The Morgan fingerprint density at radius 3 is 1.29 bits per heavy atom. The van der Waals surface area contributed by atoms with Crippen LogP contribution < -0.4 is 4.90 Å². The van der Waals surface area contributed by atoms with Crippen LogP contribution in [0.25, 0.3) is 44.5 Å². The lowest BCUT2D eigenvalue weighted by molar-refractivity contribution is 0.768. The van der Waals surface area contributed by atoms with E-state index < -0.39 is 5.41 Å². The van der Waals surface area contributed by atoms with Crippen molar-refractivity contribution in [2.24, 2.45) is 0 Å². The van der Waals surface area contributed by atoms with Crippen LogP contribution in [-0.2, 0) is 5.41 Å². The third-order valence-electron chi connectivity index (χ3n) is 11.3. The highest BCUT2D eigenvalue weighted by Crippen LogP contribution is 2.57. The number of benzene rings is 9. The lowest BCUT2D eigenvalue weighted by Gasteiger charge is -2.35. The maximum atomic E-state index is 2.45. The van der Waals surface area contributed by atoms with E-state index >= 15 is 0 Å². The largest absolute Gasteiger partial charge is 0.310 e. The molecule has 0 N–H and O–H groups in total. The summed E-state index contributed by atoms with van der Waals surface area (Å²) in [6.07, 6.45) is 0. The Balaban J connectivity index is 1.16. The first-order valence-corrected chi connectivity index (χ1v) is 19.3. The maximum Gasteiger partial charge on any atom is 0.0714 e. The molecule has 0 atom stereocenters. The Kier molecular flexibility index (Phi) is 8.46. The monoisotopic (exact) mass is 713 g/mol. The molecule has 0 aliphatic heterocycles. The van der Waals surface area contributed by atoms with Crippen LogP contribution in [0.5, 0.6) is 0 Å². The third kappa shape index (κ3) is 5.73. The van der Waals surface area contributed by atoms with Gasteiger partial charge in [0.05, 0.1) is 5.41 Å². The fraction of sp³-hybridized carbons (Fsp3) is 0.0182. The molecule has 0 spiro atoms. The fourth-order valence-corrected chi connectivity index (χ4v) is 8.79. The van der Waals surface area contributed by atoms with Gasteiger partial charge in [0.1, 0.15) is 0 Å². The average Bonchev–Trinajstić information content (AvgIpc) is 3.58. The second kappa shape index (κ2) is 14.2. The smallest absolute Gasteiger partial charge is 0.0714 e. The number of nitrogens with zero attached hydrogens (tertiary/aromatic N) is 1. The summed E-state index contributed by atoms with van der Waals surface area (Å²) in [7, 11) is 0. The van der Waals surface area contributed by atoms with Crippen molar-refractivity contribution >= 4 is 17.1 Å². The van der Waals surface area contributed by atoms with Crippen LogP contribution in [0.3, 0.4) is 0 Å². The summed E-state index contributed by atoms with van der Waals surface area (Å²) in [5.74, 6) is 0. The van der Waals surface area contributed by atoms with Crippen molar-refractivity contribution in [1.82, 2.24) is 0 Å². The van der Waals surface area contributed by atoms with Crippen molar-refractivity contribution in [2.45, 2.75) is 5.41 Å². The fourth-order valence-electron chi connectivity index (χ4n) is 8.79. The molecule has 0 amide bonds. The van der Waals surface area contributed by atoms with Gasteiger partial charge in [0.15, 0.2) is 0 Å².